The number of hydrogen-bond acceptors (Lipinski definition) is 2. The highest BCUT2D eigenvalue weighted by molar-refractivity contribution is 14.1. The fourth-order valence-electron chi connectivity index (χ4n) is 2.67. The molecule has 0 saturated carbocycles. The van der Waals surface area contributed by atoms with Crippen LogP contribution in [0.1, 0.15) is 17.0 Å². The van der Waals surface area contributed by atoms with Crippen molar-refractivity contribution in [2.75, 3.05) is 5.32 Å². The van der Waals surface area contributed by atoms with Gasteiger partial charge < -0.3 is 10.6 Å². The molecule has 1 amide bonds. The first-order valence-electron chi connectivity index (χ1n) is 8.11. The van der Waals surface area contributed by atoms with Crippen molar-refractivity contribution in [1.82, 2.24) is 5.32 Å². The molecule has 0 saturated heterocycles. The molecule has 0 bridgehead atoms. The summed E-state index contributed by atoms with van der Waals surface area (Å²) in [4.78, 5) is 13.0. The number of benzene rings is 3. The Hall–Kier alpha value is -2.25. The lowest BCUT2D eigenvalue weighted by atomic mass is 9.90. The third kappa shape index (κ3) is 4.89. The Labute approximate surface area is 172 Å². The predicted octanol–water partition coefficient (Wildman–Crippen LogP) is 4.94. The standard InChI is InChI=1S/C21H17IN2OS/c22-17-11-13-18(14-12-17)23-21(26)24-20(25)19(15-7-3-1-4-8-15)16-9-5-2-6-10-16/h1-14,19H,(H2,23,24,25,26). The minimum absolute atomic E-state index is 0.162. The van der Waals surface area contributed by atoms with Crippen LogP contribution < -0.4 is 10.6 Å². The van der Waals surface area contributed by atoms with Crippen molar-refractivity contribution in [1.29, 1.82) is 0 Å². The molecule has 3 aromatic carbocycles. The van der Waals surface area contributed by atoms with Gasteiger partial charge in [0.15, 0.2) is 5.11 Å². The van der Waals surface area contributed by atoms with Gasteiger partial charge in [-0.15, -0.1) is 0 Å². The monoisotopic (exact) mass is 472 g/mol. The van der Waals surface area contributed by atoms with Gasteiger partial charge in [0.05, 0.1) is 5.92 Å². The zero-order valence-corrected chi connectivity index (χ0v) is 16.8. The highest BCUT2D eigenvalue weighted by atomic mass is 127. The quantitative estimate of drug-likeness (QED) is 0.418. The van der Waals surface area contributed by atoms with Gasteiger partial charge in [-0.1, -0.05) is 60.7 Å². The van der Waals surface area contributed by atoms with Crippen LogP contribution in [0, 0.1) is 3.57 Å². The van der Waals surface area contributed by atoms with Gasteiger partial charge in [0.25, 0.3) is 0 Å². The molecule has 0 aliphatic heterocycles. The van der Waals surface area contributed by atoms with Crippen molar-refractivity contribution in [3.8, 4) is 0 Å². The molecule has 2 N–H and O–H groups in total. The Morgan fingerprint density at radius 2 is 1.31 bits per heavy atom. The summed E-state index contributed by atoms with van der Waals surface area (Å²) in [7, 11) is 0. The largest absolute Gasteiger partial charge is 0.332 e. The maximum absolute atomic E-state index is 13.0. The Balaban J connectivity index is 1.77. The van der Waals surface area contributed by atoms with Gasteiger partial charge in [0, 0.05) is 9.26 Å². The van der Waals surface area contributed by atoms with Crippen LogP contribution in [-0.4, -0.2) is 11.0 Å². The highest BCUT2D eigenvalue weighted by Crippen LogP contribution is 2.24. The molecule has 0 heterocycles. The Kier molecular flexibility index (Phi) is 6.35. The topological polar surface area (TPSA) is 41.1 Å². The van der Waals surface area contributed by atoms with Gasteiger partial charge in [-0.05, 0) is 70.2 Å². The maximum Gasteiger partial charge on any atom is 0.238 e. The van der Waals surface area contributed by atoms with Gasteiger partial charge in [0.2, 0.25) is 5.91 Å². The predicted molar refractivity (Wildman–Crippen MR) is 118 cm³/mol. The van der Waals surface area contributed by atoms with E-state index in [1.165, 1.54) is 0 Å². The van der Waals surface area contributed by atoms with Crippen LogP contribution in [0.25, 0.3) is 0 Å². The summed E-state index contributed by atoms with van der Waals surface area (Å²) < 4.78 is 1.14. The summed E-state index contributed by atoms with van der Waals surface area (Å²) in [5.74, 6) is -0.584. The molecule has 3 nitrogen and oxygen atoms in total. The molecule has 130 valence electrons. The number of rotatable bonds is 4. The average Bonchev–Trinajstić information content (AvgIpc) is 2.65. The molecule has 0 aliphatic carbocycles. The summed E-state index contributed by atoms with van der Waals surface area (Å²) in [5, 5.41) is 6.16. The first-order valence-corrected chi connectivity index (χ1v) is 9.59. The van der Waals surface area contributed by atoms with Crippen molar-refractivity contribution in [3.63, 3.8) is 0 Å². The van der Waals surface area contributed by atoms with E-state index in [0.717, 1.165) is 20.4 Å². The molecule has 3 aromatic rings. The Morgan fingerprint density at radius 3 is 1.81 bits per heavy atom. The zero-order chi connectivity index (χ0) is 18.4. The summed E-state index contributed by atoms with van der Waals surface area (Å²) in [6.07, 6.45) is 0. The number of amides is 1. The smallest absolute Gasteiger partial charge is 0.238 e. The van der Waals surface area contributed by atoms with Gasteiger partial charge in [0.1, 0.15) is 0 Å². The van der Waals surface area contributed by atoms with Crippen molar-refractivity contribution in [2.45, 2.75) is 5.92 Å². The molecule has 0 atom stereocenters. The van der Waals surface area contributed by atoms with Crippen LogP contribution in [0.5, 0.6) is 0 Å². The second kappa shape index (κ2) is 8.91. The summed E-state index contributed by atoms with van der Waals surface area (Å²) in [6, 6.07) is 27.2. The van der Waals surface area contributed by atoms with E-state index in [2.05, 4.69) is 33.2 Å². The Morgan fingerprint density at radius 1 is 0.808 bits per heavy atom. The van der Waals surface area contributed by atoms with E-state index in [-0.39, 0.29) is 11.0 Å². The van der Waals surface area contributed by atoms with Gasteiger partial charge >= 0.3 is 0 Å². The van der Waals surface area contributed by atoms with E-state index < -0.39 is 5.92 Å². The van der Waals surface area contributed by atoms with Crippen molar-refractivity contribution in [3.05, 3.63) is 99.6 Å². The molecule has 0 radical (unpaired) electrons. The van der Waals surface area contributed by atoms with Gasteiger partial charge in [-0.3, -0.25) is 4.79 Å². The normalized spacial score (nSPS) is 10.4. The highest BCUT2D eigenvalue weighted by Gasteiger charge is 2.23. The molecule has 26 heavy (non-hydrogen) atoms. The molecular formula is C21H17IN2OS. The van der Waals surface area contributed by atoms with Crippen molar-refractivity contribution < 1.29 is 4.79 Å². The summed E-state index contributed by atoms with van der Waals surface area (Å²) in [6.45, 7) is 0. The lowest BCUT2D eigenvalue weighted by Gasteiger charge is -2.18. The second-order valence-electron chi connectivity index (χ2n) is 5.70. The maximum atomic E-state index is 13.0. The first-order chi connectivity index (χ1) is 12.6. The number of halogens is 1. The van der Waals surface area contributed by atoms with E-state index in [1.807, 2.05) is 84.9 Å². The lowest BCUT2D eigenvalue weighted by Crippen LogP contribution is -2.37. The van der Waals surface area contributed by atoms with E-state index in [0.29, 0.717) is 0 Å². The molecule has 3 rings (SSSR count). The van der Waals surface area contributed by atoms with Gasteiger partial charge in [-0.2, -0.15) is 0 Å². The van der Waals surface area contributed by atoms with Crippen LogP contribution in [0.15, 0.2) is 84.9 Å². The number of carbonyl (C=O) groups is 1. The van der Waals surface area contributed by atoms with Crippen LogP contribution in [0.3, 0.4) is 0 Å². The zero-order valence-electron chi connectivity index (χ0n) is 13.9. The molecule has 0 aromatic heterocycles. The number of hydrogen-bond donors (Lipinski definition) is 2. The minimum atomic E-state index is -0.422. The first kappa shape index (κ1) is 18.5. The van der Waals surface area contributed by atoms with E-state index in [9.17, 15) is 4.79 Å². The molecule has 0 fully saturated rings. The average molecular weight is 472 g/mol. The summed E-state index contributed by atoms with van der Waals surface area (Å²) >= 11 is 7.56. The Bertz CT molecular complexity index is 843. The van der Waals surface area contributed by atoms with Crippen LogP contribution in [0.4, 0.5) is 5.69 Å². The SMILES string of the molecule is O=C(NC(=S)Nc1ccc(I)cc1)C(c1ccccc1)c1ccccc1. The van der Waals surface area contributed by atoms with Crippen molar-refractivity contribution >= 4 is 51.5 Å². The number of carbonyl (C=O) groups excluding carboxylic acids is 1. The number of nitrogens with one attached hydrogen (secondary N) is 2. The van der Waals surface area contributed by atoms with Crippen molar-refractivity contribution in [2.24, 2.45) is 0 Å². The summed E-state index contributed by atoms with van der Waals surface area (Å²) in [5.41, 5.74) is 2.69. The van der Waals surface area contributed by atoms with E-state index in [1.54, 1.807) is 0 Å². The molecule has 5 heteroatoms. The van der Waals surface area contributed by atoms with Crippen LogP contribution in [0.2, 0.25) is 0 Å². The molecule has 0 unspecified atom stereocenters. The molecule has 0 aliphatic rings. The molecular weight excluding hydrogens is 455 g/mol. The second-order valence-corrected chi connectivity index (χ2v) is 7.36. The lowest BCUT2D eigenvalue weighted by molar-refractivity contribution is -0.120. The number of thiocarbonyl (C=S) groups is 1. The van der Waals surface area contributed by atoms with Crippen LogP contribution in [-0.2, 0) is 4.79 Å². The fourth-order valence-corrected chi connectivity index (χ4v) is 3.24. The molecule has 0 spiro atoms. The minimum Gasteiger partial charge on any atom is -0.332 e. The third-order valence-electron chi connectivity index (χ3n) is 3.87. The number of anilines is 1. The third-order valence-corrected chi connectivity index (χ3v) is 4.79. The van der Waals surface area contributed by atoms with E-state index in [4.69, 9.17) is 12.2 Å². The van der Waals surface area contributed by atoms with Crippen LogP contribution >= 0.6 is 34.8 Å². The van der Waals surface area contributed by atoms with Gasteiger partial charge in [-0.25, -0.2) is 0 Å². The fraction of sp³-hybridized carbons (Fsp3) is 0.0476. The van der Waals surface area contributed by atoms with E-state index >= 15 is 0 Å².